The molecule has 11 heteroatoms. The van der Waals surface area contributed by atoms with Crippen LogP contribution in [0.5, 0.6) is 0 Å². The Kier molecular flexibility index (Phi) is 5.10. The number of sulfonamides is 1. The fraction of sp³-hybridized carbons (Fsp3) is 0.0588. The lowest BCUT2D eigenvalue weighted by molar-refractivity contribution is -0.137. The van der Waals surface area contributed by atoms with Gasteiger partial charge in [-0.05, 0) is 42.5 Å². The number of hydrogen-bond acceptors (Lipinski definition) is 5. The van der Waals surface area contributed by atoms with Crippen molar-refractivity contribution >= 4 is 27.3 Å². The van der Waals surface area contributed by atoms with Gasteiger partial charge < -0.3 is 9.73 Å². The quantitative estimate of drug-likeness (QED) is 0.666. The standard InChI is InChI=1S/C17H12F3N3O4S/c18-17(19,20)11-3-1-4-12(9-11)23-28(25,26)15-7-6-14(27-15)16(24)22-13-5-2-8-21-10-13/h1-10,23H,(H,22,24). The molecule has 1 amide bonds. The van der Waals surface area contributed by atoms with Crippen LogP contribution in [-0.4, -0.2) is 19.3 Å². The average molecular weight is 411 g/mol. The number of rotatable bonds is 5. The number of aromatic nitrogens is 1. The summed E-state index contributed by atoms with van der Waals surface area (Å²) in [5.74, 6) is -1.01. The fourth-order valence-electron chi connectivity index (χ4n) is 2.18. The number of amides is 1. The van der Waals surface area contributed by atoms with Crippen molar-refractivity contribution in [2.24, 2.45) is 0 Å². The third-order valence-electron chi connectivity index (χ3n) is 3.43. The van der Waals surface area contributed by atoms with Crippen LogP contribution in [0.2, 0.25) is 0 Å². The highest BCUT2D eigenvalue weighted by Gasteiger charge is 2.31. The van der Waals surface area contributed by atoms with Crippen LogP contribution in [0.1, 0.15) is 16.1 Å². The fourth-order valence-corrected chi connectivity index (χ4v) is 3.17. The lowest BCUT2D eigenvalue weighted by atomic mass is 10.2. The highest BCUT2D eigenvalue weighted by molar-refractivity contribution is 7.92. The second-order valence-corrected chi connectivity index (χ2v) is 7.11. The molecule has 0 aliphatic heterocycles. The predicted octanol–water partition coefficient (Wildman–Crippen LogP) is 3.75. The lowest BCUT2D eigenvalue weighted by Crippen LogP contribution is -2.14. The predicted molar refractivity (Wildman–Crippen MR) is 93.2 cm³/mol. The van der Waals surface area contributed by atoms with Gasteiger partial charge >= 0.3 is 6.18 Å². The summed E-state index contributed by atoms with van der Waals surface area (Å²) < 4.78 is 69.9. The molecule has 7 nitrogen and oxygen atoms in total. The van der Waals surface area contributed by atoms with Crippen LogP contribution in [0.15, 0.2) is 70.4 Å². The maximum absolute atomic E-state index is 12.8. The number of halogens is 3. The molecule has 3 rings (SSSR count). The molecule has 0 aliphatic rings. The van der Waals surface area contributed by atoms with Crippen LogP contribution < -0.4 is 10.0 Å². The molecule has 0 aliphatic carbocycles. The topological polar surface area (TPSA) is 101 Å². The van der Waals surface area contributed by atoms with Gasteiger partial charge in [0.2, 0.25) is 5.09 Å². The molecule has 3 aromatic rings. The Morgan fingerprint density at radius 1 is 1.04 bits per heavy atom. The number of anilines is 2. The summed E-state index contributed by atoms with van der Waals surface area (Å²) >= 11 is 0. The minimum atomic E-state index is -4.62. The Bertz CT molecular complexity index is 1100. The minimum absolute atomic E-state index is 0.298. The molecule has 0 spiro atoms. The molecule has 0 fully saturated rings. The zero-order chi connectivity index (χ0) is 20.4. The van der Waals surface area contributed by atoms with E-state index in [1.54, 1.807) is 12.1 Å². The SMILES string of the molecule is O=C(Nc1cccnc1)c1ccc(S(=O)(=O)Nc2cccc(C(F)(F)F)c2)o1. The Labute approximate surface area is 157 Å². The van der Waals surface area contributed by atoms with Gasteiger partial charge in [0, 0.05) is 11.9 Å². The van der Waals surface area contributed by atoms with Crippen molar-refractivity contribution in [3.8, 4) is 0 Å². The maximum atomic E-state index is 12.8. The van der Waals surface area contributed by atoms with Crippen LogP contribution in [0, 0.1) is 0 Å². The molecule has 0 bridgehead atoms. The molecule has 2 heterocycles. The average Bonchev–Trinajstić information content (AvgIpc) is 3.13. The first kappa shape index (κ1) is 19.4. The van der Waals surface area contributed by atoms with Gasteiger partial charge in [-0.1, -0.05) is 6.07 Å². The number of benzene rings is 1. The van der Waals surface area contributed by atoms with E-state index in [0.717, 1.165) is 30.3 Å². The number of pyridine rings is 1. The summed E-state index contributed by atoms with van der Waals surface area (Å²) in [6.07, 6.45) is -1.73. The summed E-state index contributed by atoms with van der Waals surface area (Å²) in [5, 5.41) is 1.84. The minimum Gasteiger partial charge on any atom is -0.438 e. The molecule has 0 atom stereocenters. The summed E-state index contributed by atoms with van der Waals surface area (Å²) in [7, 11) is -4.34. The van der Waals surface area contributed by atoms with Crippen molar-refractivity contribution in [2.75, 3.05) is 10.0 Å². The molecular formula is C17H12F3N3O4S. The van der Waals surface area contributed by atoms with Crippen LogP contribution in [-0.2, 0) is 16.2 Å². The molecule has 146 valence electrons. The zero-order valence-electron chi connectivity index (χ0n) is 13.9. The largest absolute Gasteiger partial charge is 0.438 e. The molecule has 1 aromatic carbocycles. The van der Waals surface area contributed by atoms with Gasteiger partial charge in [-0.25, -0.2) is 0 Å². The molecule has 0 saturated carbocycles. The molecule has 0 unspecified atom stereocenters. The zero-order valence-corrected chi connectivity index (χ0v) is 14.7. The first-order valence-corrected chi connectivity index (χ1v) is 9.15. The van der Waals surface area contributed by atoms with E-state index < -0.39 is 32.8 Å². The van der Waals surface area contributed by atoms with Gasteiger partial charge in [0.1, 0.15) is 0 Å². The molecule has 28 heavy (non-hydrogen) atoms. The molecule has 2 aromatic heterocycles. The van der Waals surface area contributed by atoms with Gasteiger partial charge in [0.25, 0.3) is 15.9 Å². The van der Waals surface area contributed by atoms with Gasteiger partial charge in [-0.15, -0.1) is 0 Å². The van der Waals surface area contributed by atoms with E-state index in [9.17, 15) is 26.4 Å². The molecular weight excluding hydrogens is 399 g/mol. The Balaban J connectivity index is 1.77. The second-order valence-electron chi connectivity index (χ2n) is 5.50. The first-order chi connectivity index (χ1) is 13.1. The van der Waals surface area contributed by atoms with E-state index in [4.69, 9.17) is 4.42 Å². The van der Waals surface area contributed by atoms with Gasteiger partial charge in [-0.2, -0.15) is 21.6 Å². The molecule has 0 saturated heterocycles. The first-order valence-electron chi connectivity index (χ1n) is 7.66. The van der Waals surface area contributed by atoms with Crippen molar-refractivity contribution in [1.82, 2.24) is 4.98 Å². The Hall–Kier alpha value is -3.34. The van der Waals surface area contributed by atoms with E-state index in [1.807, 2.05) is 4.72 Å². The number of nitrogens with zero attached hydrogens (tertiary/aromatic N) is 1. The monoisotopic (exact) mass is 411 g/mol. The number of furan rings is 1. The van der Waals surface area contributed by atoms with Crippen LogP contribution in [0.4, 0.5) is 24.5 Å². The lowest BCUT2D eigenvalue weighted by Gasteiger charge is -2.10. The van der Waals surface area contributed by atoms with E-state index >= 15 is 0 Å². The van der Waals surface area contributed by atoms with Crippen molar-refractivity contribution in [1.29, 1.82) is 0 Å². The smallest absolute Gasteiger partial charge is 0.416 e. The van der Waals surface area contributed by atoms with E-state index in [0.29, 0.717) is 11.8 Å². The number of hydrogen-bond donors (Lipinski definition) is 2. The van der Waals surface area contributed by atoms with E-state index in [1.165, 1.54) is 12.4 Å². The summed E-state index contributed by atoms with van der Waals surface area (Å²) in [6, 6.07) is 9.00. The third-order valence-corrected chi connectivity index (χ3v) is 4.69. The van der Waals surface area contributed by atoms with Crippen molar-refractivity contribution in [2.45, 2.75) is 11.3 Å². The van der Waals surface area contributed by atoms with Gasteiger partial charge in [-0.3, -0.25) is 14.5 Å². The van der Waals surface area contributed by atoms with Gasteiger partial charge in [0.05, 0.1) is 17.4 Å². The Morgan fingerprint density at radius 3 is 2.46 bits per heavy atom. The van der Waals surface area contributed by atoms with Gasteiger partial charge in [0.15, 0.2) is 5.76 Å². The van der Waals surface area contributed by atoms with E-state index in [2.05, 4.69) is 10.3 Å². The highest BCUT2D eigenvalue weighted by Crippen LogP contribution is 2.31. The molecule has 2 N–H and O–H groups in total. The summed E-state index contributed by atoms with van der Waals surface area (Å²) in [5.41, 5.74) is -0.938. The van der Waals surface area contributed by atoms with Crippen molar-refractivity contribution < 1.29 is 30.8 Å². The summed E-state index contributed by atoms with van der Waals surface area (Å²) in [4.78, 5) is 15.9. The maximum Gasteiger partial charge on any atom is 0.416 e. The summed E-state index contributed by atoms with van der Waals surface area (Å²) in [6.45, 7) is 0. The Morgan fingerprint density at radius 2 is 1.79 bits per heavy atom. The highest BCUT2D eigenvalue weighted by atomic mass is 32.2. The van der Waals surface area contributed by atoms with Crippen LogP contribution in [0.25, 0.3) is 0 Å². The molecule has 0 radical (unpaired) electrons. The normalized spacial score (nSPS) is 11.8. The second kappa shape index (κ2) is 7.35. The van der Waals surface area contributed by atoms with Crippen molar-refractivity contribution in [3.63, 3.8) is 0 Å². The van der Waals surface area contributed by atoms with Crippen LogP contribution >= 0.6 is 0 Å². The number of alkyl halides is 3. The van der Waals surface area contributed by atoms with E-state index in [-0.39, 0.29) is 11.4 Å². The number of carbonyl (C=O) groups is 1. The number of carbonyl (C=O) groups excluding carboxylic acids is 1. The number of nitrogens with one attached hydrogen (secondary N) is 2. The van der Waals surface area contributed by atoms with Crippen molar-refractivity contribution in [3.05, 3.63) is 72.2 Å². The van der Waals surface area contributed by atoms with Crippen LogP contribution in [0.3, 0.4) is 0 Å². The third kappa shape index (κ3) is 4.49.